The van der Waals surface area contributed by atoms with E-state index in [1.54, 1.807) is 0 Å². The Morgan fingerprint density at radius 3 is 2.26 bits per heavy atom. The number of hydrogen-bond acceptors (Lipinski definition) is 6. The van der Waals surface area contributed by atoms with Crippen LogP contribution in [0.5, 0.6) is 0 Å². The van der Waals surface area contributed by atoms with Crippen molar-refractivity contribution in [3.05, 3.63) is 0 Å². The zero-order valence-corrected chi connectivity index (χ0v) is 13.0. The zero-order valence-electron chi connectivity index (χ0n) is 13.0. The van der Waals surface area contributed by atoms with Gasteiger partial charge in [-0.2, -0.15) is 0 Å². The van der Waals surface area contributed by atoms with Crippen molar-refractivity contribution >= 4 is 17.9 Å². The highest BCUT2D eigenvalue weighted by molar-refractivity contribution is 5.96. The molecule has 2 aliphatic heterocycles. The third kappa shape index (κ3) is 2.57. The van der Waals surface area contributed by atoms with Crippen molar-refractivity contribution in [3.8, 4) is 0 Å². The lowest BCUT2D eigenvalue weighted by atomic mass is 9.68. The van der Waals surface area contributed by atoms with Crippen LogP contribution in [0.15, 0.2) is 0 Å². The van der Waals surface area contributed by atoms with Crippen LogP contribution in [0.1, 0.15) is 44.9 Å². The first-order valence-corrected chi connectivity index (χ1v) is 8.67. The van der Waals surface area contributed by atoms with Gasteiger partial charge in [0.25, 0.3) is 0 Å². The molecule has 0 bridgehead atoms. The van der Waals surface area contributed by atoms with Crippen molar-refractivity contribution in [1.82, 2.24) is 0 Å². The highest BCUT2D eigenvalue weighted by Crippen LogP contribution is 2.46. The van der Waals surface area contributed by atoms with Gasteiger partial charge >= 0.3 is 17.9 Å². The second-order valence-corrected chi connectivity index (χ2v) is 7.64. The maximum Gasteiger partial charge on any atom is 0.317 e. The lowest BCUT2D eigenvalue weighted by molar-refractivity contribution is -0.157. The first-order valence-electron chi connectivity index (χ1n) is 8.67. The molecule has 23 heavy (non-hydrogen) atoms. The van der Waals surface area contributed by atoms with E-state index in [0.717, 1.165) is 44.9 Å². The number of aliphatic hydroxyl groups is 1. The number of hydrogen-bond donors (Lipinski definition) is 1. The van der Waals surface area contributed by atoms with Crippen LogP contribution in [-0.2, 0) is 23.9 Å². The quantitative estimate of drug-likeness (QED) is 0.610. The molecule has 0 aromatic rings. The van der Waals surface area contributed by atoms with Gasteiger partial charge < -0.3 is 14.6 Å². The number of carbonyl (C=O) groups excluding carboxylic acids is 3. The Labute approximate surface area is 134 Å². The number of ether oxygens (including phenoxy) is 2. The molecule has 7 unspecified atom stereocenters. The average Bonchev–Trinajstić information content (AvgIpc) is 2.96. The van der Waals surface area contributed by atoms with Crippen molar-refractivity contribution in [2.75, 3.05) is 0 Å². The molecule has 0 aromatic carbocycles. The lowest BCUT2D eigenvalue weighted by Gasteiger charge is -2.34. The van der Waals surface area contributed by atoms with Crippen LogP contribution < -0.4 is 0 Å². The summed E-state index contributed by atoms with van der Waals surface area (Å²) in [4.78, 5) is 35.1. The van der Waals surface area contributed by atoms with Gasteiger partial charge in [0, 0.05) is 5.92 Å². The van der Waals surface area contributed by atoms with Gasteiger partial charge in [-0.3, -0.25) is 14.4 Å². The first kappa shape index (κ1) is 15.1. The normalized spacial score (nSPS) is 46.1. The summed E-state index contributed by atoms with van der Waals surface area (Å²) in [5.74, 6) is -0.805. The minimum absolute atomic E-state index is 0.0445. The Morgan fingerprint density at radius 1 is 0.826 bits per heavy atom. The molecule has 7 atom stereocenters. The fourth-order valence-corrected chi connectivity index (χ4v) is 5.14. The summed E-state index contributed by atoms with van der Waals surface area (Å²) in [6.07, 6.45) is 5.05. The third-order valence-corrected chi connectivity index (χ3v) is 6.35. The fraction of sp³-hybridized carbons (Fsp3) is 0.824. The molecule has 4 fully saturated rings. The van der Waals surface area contributed by atoms with Crippen LogP contribution in [0.4, 0.5) is 0 Å². The first-order chi connectivity index (χ1) is 11.0. The molecule has 126 valence electrons. The molecule has 6 nitrogen and oxygen atoms in total. The molecule has 4 aliphatic rings. The number of aliphatic hydroxyl groups excluding tert-OH is 1. The van der Waals surface area contributed by atoms with E-state index in [0.29, 0.717) is 11.8 Å². The Balaban J connectivity index is 1.35. The summed E-state index contributed by atoms with van der Waals surface area (Å²) in [6.45, 7) is 0. The molecule has 6 heteroatoms. The molecule has 2 aliphatic carbocycles. The number of cyclic esters (lactones) is 3. The minimum Gasteiger partial charge on any atom is -0.435 e. The Bertz CT molecular complexity index is 543. The minimum atomic E-state index is -0.928. The molecular formula is C17H22O6. The van der Waals surface area contributed by atoms with E-state index in [4.69, 9.17) is 9.47 Å². The van der Waals surface area contributed by atoms with Crippen molar-refractivity contribution < 1.29 is 29.0 Å². The summed E-state index contributed by atoms with van der Waals surface area (Å²) in [5.41, 5.74) is 0. The van der Waals surface area contributed by atoms with Gasteiger partial charge in [0.1, 0.15) is 0 Å². The molecule has 0 amide bonds. The van der Waals surface area contributed by atoms with Crippen molar-refractivity contribution in [1.29, 1.82) is 0 Å². The highest BCUT2D eigenvalue weighted by Gasteiger charge is 2.50. The average molecular weight is 322 g/mol. The molecule has 2 saturated carbocycles. The van der Waals surface area contributed by atoms with Gasteiger partial charge in [0.05, 0.1) is 17.8 Å². The number of carbonyl (C=O) groups is 3. The standard InChI is InChI=1S/C17H22O6/c18-14-10-3-1-8(6-12(10)16(20)22-14)5-9-2-4-11-13(7-9)17(21)23-15(11)19/h8-14,18H,1-7H2. The predicted octanol–water partition coefficient (Wildman–Crippen LogP) is 1.40. The lowest BCUT2D eigenvalue weighted by Crippen LogP contribution is -2.32. The molecule has 0 aromatic heterocycles. The summed E-state index contributed by atoms with van der Waals surface area (Å²) in [6, 6.07) is 0. The van der Waals surface area contributed by atoms with Gasteiger partial charge in [-0.25, -0.2) is 0 Å². The van der Waals surface area contributed by atoms with Crippen molar-refractivity contribution in [2.24, 2.45) is 35.5 Å². The fourth-order valence-electron chi connectivity index (χ4n) is 5.14. The Hall–Kier alpha value is -1.43. The van der Waals surface area contributed by atoms with E-state index in [1.165, 1.54) is 0 Å². The molecule has 0 radical (unpaired) electrons. The molecular weight excluding hydrogens is 300 g/mol. The van der Waals surface area contributed by atoms with Gasteiger partial charge in [-0.05, 0) is 56.8 Å². The number of fused-ring (bicyclic) bond motifs is 2. The zero-order chi connectivity index (χ0) is 16.1. The van der Waals surface area contributed by atoms with Crippen LogP contribution >= 0.6 is 0 Å². The Kier molecular flexibility index (Phi) is 3.67. The predicted molar refractivity (Wildman–Crippen MR) is 76.5 cm³/mol. The van der Waals surface area contributed by atoms with E-state index >= 15 is 0 Å². The highest BCUT2D eigenvalue weighted by atomic mass is 16.6. The summed E-state index contributed by atoms with van der Waals surface area (Å²) >= 11 is 0. The largest absolute Gasteiger partial charge is 0.435 e. The molecule has 2 heterocycles. The van der Waals surface area contributed by atoms with Crippen molar-refractivity contribution in [2.45, 2.75) is 51.2 Å². The van der Waals surface area contributed by atoms with E-state index < -0.39 is 6.29 Å². The van der Waals surface area contributed by atoms with Crippen LogP contribution in [0, 0.1) is 35.5 Å². The van der Waals surface area contributed by atoms with Crippen LogP contribution in [-0.4, -0.2) is 29.3 Å². The third-order valence-electron chi connectivity index (χ3n) is 6.35. The molecule has 4 rings (SSSR count). The number of rotatable bonds is 2. The van der Waals surface area contributed by atoms with Gasteiger partial charge in [0.2, 0.25) is 6.29 Å². The summed E-state index contributed by atoms with van der Waals surface area (Å²) in [7, 11) is 0. The SMILES string of the molecule is O=C1OC(=O)C2CC(CC3CCC4C(O)OC(=O)C4C3)CCC12. The number of esters is 3. The Morgan fingerprint density at radius 2 is 1.48 bits per heavy atom. The molecule has 0 spiro atoms. The maximum atomic E-state index is 11.8. The van der Waals surface area contributed by atoms with Crippen LogP contribution in [0.3, 0.4) is 0 Å². The van der Waals surface area contributed by atoms with Crippen LogP contribution in [0.25, 0.3) is 0 Å². The summed E-state index contributed by atoms with van der Waals surface area (Å²) < 4.78 is 9.71. The van der Waals surface area contributed by atoms with Crippen LogP contribution in [0.2, 0.25) is 0 Å². The maximum absolute atomic E-state index is 11.8. The van der Waals surface area contributed by atoms with E-state index in [-0.39, 0.29) is 41.6 Å². The van der Waals surface area contributed by atoms with E-state index in [1.807, 2.05) is 0 Å². The monoisotopic (exact) mass is 322 g/mol. The van der Waals surface area contributed by atoms with Crippen molar-refractivity contribution in [3.63, 3.8) is 0 Å². The van der Waals surface area contributed by atoms with Gasteiger partial charge in [0.15, 0.2) is 0 Å². The van der Waals surface area contributed by atoms with Gasteiger partial charge in [-0.15, -0.1) is 0 Å². The summed E-state index contributed by atoms with van der Waals surface area (Å²) in [5, 5.41) is 9.73. The second kappa shape index (κ2) is 5.58. The van der Waals surface area contributed by atoms with Gasteiger partial charge in [-0.1, -0.05) is 0 Å². The smallest absolute Gasteiger partial charge is 0.317 e. The topological polar surface area (TPSA) is 89.9 Å². The van der Waals surface area contributed by atoms with E-state index in [9.17, 15) is 19.5 Å². The second-order valence-electron chi connectivity index (χ2n) is 7.64. The molecule has 2 saturated heterocycles. The molecule has 1 N–H and O–H groups in total. The van der Waals surface area contributed by atoms with E-state index in [2.05, 4.69) is 0 Å².